The van der Waals surface area contributed by atoms with Gasteiger partial charge in [-0.05, 0) is 36.6 Å². The van der Waals surface area contributed by atoms with Gasteiger partial charge in [0.2, 0.25) is 11.8 Å². The Morgan fingerprint density at radius 1 is 1.22 bits per heavy atom. The summed E-state index contributed by atoms with van der Waals surface area (Å²) < 4.78 is 6.71. The summed E-state index contributed by atoms with van der Waals surface area (Å²) in [4.78, 5) is 27.1. The number of para-hydroxylation sites is 1. The largest absolute Gasteiger partial charge is 0.360 e. The minimum absolute atomic E-state index is 0.115. The normalized spacial score (nSPS) is 11.1. The maximum Gasteiger partial charge on any atom is 0.246 e. The molecule has 0 radical (unpaired) electrons. The van der Waals surface area contributed by atoms with E-state index in [2.05, 4.69) is 10.5 Å². The van der Waals surface area contributed by atoms with E-state index in [-0.39, 0.29) is 18.4 Å². The fourth-order valence-corrected chi connectivity index (χ4v) is 3.75. The van der Waals surface area contributed by atoms with E-state index in [0.717, 1.165) is 21.8 Å². The summed E-state index contributed by atoms with van der Waals surface area (Å²) in [6.07, 6.45) is 5.05. The molecule has 0 unspecified atom stereocenters. The van der Waals surface area contributed by atoms with Crippen LogP contribution in [-0.4, -0.2) is 45.2 Å². The lowest BCUT2D eigenvalue weighted by atomic mass is 10.2. The smallest absolute Gasteiger partial charge is 0.246 e. The number of hydrogen-bond acceptors (Lipinski definition) is 6. The highest BCUT2D eigenvalue weighted by atomic mass is 32.1. The van der Waals surface area contributed by atoms with Crippen molar-refractivity contribution >= 4 is 35.0 Å². The minimum Gasteiger partial charge on any atom is -0.360 e. The Morgan fingerprint density at radius 2 is 2.03 bits per heavy atom. The molecule has 4 rings (SSSR count). The summed E-state index contributed by atoms with van der Waals surface area (Å²) in [5.41, 5.74) is 2.52. The van der Waals surface area contributed by atoms with Gasteiger partial charge < -0.3 is 14.7 Å². The molecule has 4 aromatic rings. The topological polar surface area (TPSA) is 93.3 Å². The Kier molecular flexibility index (Phi) is 6.27. The second kappa shape index (κ2) is 9.44. The number of rotatable bonds is 7. The van der Waals surface area contributed by atoms with Gasteiger partial charge in [-0.3, -0.25) is 9.59 Å². The Hall–Kier alpha value is -3.98. The molecule has 0 atom stereocenters. The number of amides is 2. The van der Waals surface area contributed by atoms with Gasteiger partial charge >= 0.3 is 0 Å². The second-order valence-corrected chi connectivity index (χ2v) is 8.04. The van der Waals surface area contributed by atoms with Gasteiger partial charge in [0, 0.05) is 31.0 Å². The van der Waals surface area contributed by atoms with Crippen LogP contribution in [0.3, 0.4) is 0 Å². The Balaban J connectivity index is 1.48. The highest BCUT2D eigenvalue weighted by Gasteiger charge is 2.14. The van der Waals surface area contributed by atoms with Gasteiger partial charge in [0.25, 0.3) is 0 Å². The molecule has 32 heavy (non-hydrogen) atoms. The Labute approximate surface area is 188 Å². The molecule has 2 amide bonds. The fourth-order valence-electron chi connectivity index (χ4n) is 3.02. The molecule has 3 aromatic heterocycles. The van der Waals surface area contributed by atoms with Crippen molar-refractivity contribution in [3.63, 3.8) is 0 Å². The lowest BCUT2D eigenvalue weighted by molar-refractivity contribution is -0.129. The van der Waals surface area contributed by atoms with Crippen LogP contribution in [0.1, 0.15) is 11.3 Å². The van der Waals surface area contributed by atoms with Crippen LogP contribution in [0.15, 0.2) is 70.7 Å². The number of hydrogen-bond donors (Lipinski definition) is 1. The van der Waals surface area contributed by atoms with Crippen LogP contribution < -0.4 is 5.32 Å². The Morgan fingerprint density at radius 3 is 2.72 bits per heavy atom. The van der Waals surface area contributed by atoms with Gasteiger partial charge in [0.05, 0.1) is 17.1 Å². The predicted molar refractivity (Wildman–Crippen MR) is 123 cm³/mol. The molecule has 1 aromatic carbocycles. The molecular formula is C23H21N5O3S. The van der Waals surface area contributed by atoms with Crippen molar-refractivity contribution in [1.29, 1.82) is 0 Å². The highest BCUT2D eigenvalue weighted by molar-refractivity contribution is 7.13. The maximum atomic E-state index is 12.6. The maximum absolute atomic E-state index is 12.6. The molecule has 0 saturated carbocycles. The van der Waals surface area contributed by atoms with E-state index in [0.29, 0.717) is 11.6 Å². The summed E-state index contributed by atoms with van der Waals surface area (Å²) >= 11 is 1.58. The van der Waals surface area contributed by atoms with Gasteiger partial charge in [0.15, 0.2) is 5.82 Å². The summed E-state index contributed by atoms with van der Waals surface area (Å²) in [6.45, 7) is 1.61. The average molecular weight is 448 g/mol. The molecule has 9 heteroatoms. The zero-order valence-corrected chi connectivity index (χ0v) is 18.4. The van der Waals surface area contributed by atoms with Gasteiger partial charge in [-0.1, -0.05) is 29.4 Å². The Bertz CT molecular complexity index is 1240. The number of nitrogens with one attached hydrogen (secondary N) is 1. The van der Waals surface area contributed by atoms with Gasteiger partial charge in [-0.2, -0.15) is 5.10 Å². The average Bonchev–Trinajstić information content (AvgIpc) is 3.53. The lowest BCUT2D eigenvalue weighted by Gasteiger charge is -2.13. The third-order valence-electron chi connectivity index (χ3n) is 4.58. The first-order chi connectivity index (χ1) is 15.5. The van der Waals surface area contributed by atoms with E-state index >= 15 is 0 Å². The molecule has 0 aliphatic carbocycles. The first-order valence-electron chi connectivity index (χ1n) is 9.85. The van der Waals surface area contributed by atoms with E-state index < -0.39 is 0 Å². The summed E-state index contributed by atoms with van der Waals surface area (Å²) in [5, 5.41) is 13.0. The van der Waals surface area contributed by atoms with E-state index in [9.17, 15) is 9.59 Å². The monoisotopic (exact) mass is 447 g/mol. The molecule has 0 fully saturated rings. The first-order valence-corrected chi connectivity index (χ1v) is 10.7. The molecule has 3 heterocycles. The number of anilines is 1. The van der Waals surface area contributed by atoms with Crippen molar-refractivity contribution in [1.82, 2.24) is 19.8 Å². The number of nitrogens with zero attached hydrogens (tertiary/aromatic N) is 4. The number of carbonyl (C=O) groups excluding carboxylic acids is 2. The standard InChI is InChI=1S/C23H21N5O3S/c1-16-13-20(26-31-16)24-21(29)15-27(2)22(30)11-10-17-14-28(18-7-4-3-5-8-18)25-23(17)19-9-6-12-32-19/h3-14H,15H2,1-2H3,(H,24,26,29)/b11-10+. The SMILES string of the molecule is Cc1cc(NC(=O)CN(C)C(=O)/C=C/c2cn(-c3ccccc3)nc2-c2cccs2)no1. The molecule has 8 nitrogen and oxygen atoms in total. The van der Waals surface area contributed by atoms with Crippen LogP contribution in [0.2, 0.25) is 0 Å². The van der Waals surface area contributed by atoms with Gasteiger partial charge in [-0.15, -0.1) is 11.3 Å². The number of likely N-dealkylation sites (N-methyl/N-ethyl adjacent to an activating group) is 1. The summed E-state index contributed by atoms with van der Waals surface area (Å²) in [5.74, 6) is 0.239. The van der Waals surface area contributed by atoms with Crippen molar-refractivity contribution in [3.05, 3.63) is 77.5 Å². The van der Waals surface area contributed by atoms with Crippen LogP contribution in [0, 0.1) is 6.92 Å². The van der Waals surface area contributed by atoms with Crippen LogP contribution in [0.5, 0.6) is 0 Å². The molecule has 0 saturated heterocycles. The highest BCUT2D eigenvalue weighted by Crippen LogP contribution is 2.28. The number of aromatic nitrogens is 3. The van der Waals surface area contributed by atoms with E-state index in [4.69, 9.17) is 9.62 Å². The lowest BCUT2D eigenvalue weighted by Crippen LogP contribution is -2.33. The van der Waals surface area contributed by atoms with E-state index in [1.54, 1.807) is 42.1 Å². The van der Waals surface area contributed by atoms with Crippen molar-refractivity contribution in [3.8, 4) is 16.3 Å². The number of thiophene rings is 1. The number of aryl methyl sites for hydroxylation is 1. The second-order valence-electron chi connectivity index (χ2n) is 7.09. The van der Waals surface area contributed by atoms with E-state index in [1.807, 2.05) is 54.0 Å². The minimum atomic E-state index is -0.362. The van der Waals surface area contributed by atoms with Gasteiger partial charge in [0.1, 0.15) is 11.5 Å². The molecule has 0 bridgehead atoms. The van der Waals surface area contributed by atoms with Gasteiger partial charge in [-0.25, -0.2) is 4.68 Å². The van der Waals surface area contributed by atoms with Crippen LogP contribution in [0.25, 0.3) is 22.3 Å². The molecule has 0 spiro atoms. The third kappa shape index (κ3) is 5.01. The third-order valence-corrected chi connectivity index (χ3v) is 5.45. The van der Waals surface area contributed by atoms with Crippen molar-refractivity contribution in [2.45, 2.75) is 6.92 Å². The number of benzene rings is 1. The summed E-state index contributed by atoms with van der Waals surface area (Å²) in [7, 11) is 1.56. The van der Waals surface area contributed by atoms with Crippen molar-refractivity contribution in [2.24, 2.45) is 0 Å². The van der Waals surface area contributed by atoms with Crippen LogP contribution in [0.4, 0.5) is 5.82 Å². The first kappa shape index (κ1) is 21.3. The molecule has 0 aliphatic rings. The quantitative estimate of drug-likeness (QED) is 0.432. The molecule has 0 aliphatic heterocycles. The molecular weight excluding hydrogens is 426 g/mol. The van der Waals surface area contributed by atoms with Crippen LogP contribution >= 0.6 is 11.3 Å². The fraction of sp³-hybridized carbons (Fsp3) is 0.130. The molecule has 162 valence electrons. The van der Waals surface area contributed by atoms with Crippen molar-refractivity contribution < 1.29 is 14.1 Å². The zero-order valence-electron chi connectivity index (χ0n) is 17.6. The number of carbonyl (C=O) groups is 2. The predicted octanol–water partition coefficient (Wildman–Crippen LogP) is 4.01. The zero-order chi connectivity index (χ0) is 22.5. The van der Waals surface area contributed by atoms with Crippen LogP contribution in [-0.2, 0) is 9.59 Å². The summed E-state index contributed by atoms with van der Waals surface area (Å²) in [6, 6.07) is 15.3. The van der Waals surface area contributed by atoms with Crippen molar-refractivity contribution in [2.75, 3.05) is 18.9 Å². The van der Waals surface area contributed by atoms with E-state index in [1.165, 1.54) is 11.0 Å². The molecule has 1 N–H and O–H groups in total.